The number of halogens is 2. The van der Waals surface area contributed by atoms with Crippen molar-refractivity contribution >= 4 is 56.9 Å². The summed E-state index contributed by atoms with van der Waals surface area (Å²) in [6, 6.07) is 15.7. The lowest BCUT2D eigenvalue weighted by molar-refractivity contribution is 0.380. The van der Waals surface area contributed by atoms with Crippen molar-refractivity contribution in [3.05, 3.63) is 58.6 Å². The standard InChI is InChI=1S/2C11H15ClN4.H2O4S/c2*12-9-1-3-10(4-2-9)15-5-7-16(8-6-15)11(13)14;1-5(2,3)4/h2*1-4H,5-8H2,(H3,13,14);(H2,1,2,3,4). The lowest BCUT2D eigenvalue weighted by atomic mass is 10.2. The van der Waals surface area contributed by atoms with Gasteiger partial charge < -0.3 is 31.1 Å². The van der Waals surface area contributed by atoms with Gasteiger partial charge in [-0.3, -0.25) is 19.9 Å². The second-order valence-electron chi connectivity index (χ2n) is 8.12. The fraction of sp³-hybridized carbons (Fsp3) is 0.364. The summed E-state index contributed by atoms with van der Waals surface area (Å²) in [6.45, 7) is 6.77. The van der Waals surface area contributed by atoms with Gasteiger partial charge in [-0.15, -0.1) is 0 Å². The van der Waals surface area contributed by atoms with Gasteiger partial charge in [-0.05, 0) is 48.5 Å². The normalized spacial score (nSPS) is 15.7. The van der Waals surface area contributed by atoms with E-state index in [1.165, 1.54) is 11.4 Å². The van der Waals surface area contributed by atoms with Gasteiger partial charge in [-0.25, -0.2) is 0 Å². The van der Waals surface area contributed by atoms with Crippen LogP contribution in [0.2, 0.25) is 10.0 Å². The third-order valence-electron chi connectivity index (χ3n) is 5.62. The number of benzene rings is 2. The SMILES string of the molecule is N=C(N)N1CCN(c2ccc(Cl)cc2)CC1.N=C(N)N1CCN(c2ccc(Cl)cc2)CC1.O=S(=O)(O)O. The molecule has 2 saturated heterocycles. The Morgan fingerprint density at radius 1 is 0.649 bits per heavy atom. The molecule has 2 aliphatic heterocycles. The third kappa shape index (κ3) is 11.3. The largest absolute Gasteiger partial charge is 0.394 e. The molecule has 0 bridgehead atoms. The number of hydrogen-bond acceptors (Lipinski definition) is 6. The number of piperazine rings is 2. The lowest BCUT2D eigenvalue weighted by Gasteiger charge is -2.36. The first-order valence-corrected chi connectivity index (χ1v) is 13.4. The van der Waals surface area contributed by atoms with E-state index in [4.69, 9.17) is 63.0 Å². The molecule has 0 amide bonds. The van der Waals surface area contributed by atoms with Crippen LogP contribution < -0.4 is 21.3 Å². The van der Waals surface area contributed by atoms with Crippen molar-refractivity contribution in [1.29, 1.82) is 10.8 Å². The maximum atomic E-state index is 8.74. The Kier molecular flexibility index (Phi) is 11.5. The first-order chi connectivity index (χ1) is 17.3. The first kappa shape index (κ1) is 30.3. The molecule has 0 radical (unpaired) electrons. The number of nitrogens with two attached hydrogens (primary N) is 2. The molecule has 204 valence electrons. The Morgan fingerprint density at radius 2 is 0.892 bits per heavy atom. The van der Waals surface area contributed by atoms with Gasteiger partial charge in [-0.2, -0.15) is 8.42 Å². The van der Waals surface area contributed by atoms with Crippen molar-refractivity contribution in [2.45, 2.75) is 0 Å². The summed E-state index contributed by atoms with van der Waals surface area (Å²) < 4.78 is 31.6. The fourth-order valence-corrected chi connectivity index (χ4v) is 3.97. The van der Waals surface area contributed by atoms with Gasteiger partial charge in [0.1, 0.15) is 0 Å². The average molecular weight is 576 g/mol. The predicted octanol–water partition coefficient (Wildman–Crippen LogP) is 2.06. The zero-order chi connectivity index (χ0) is 27.6. The van der Waals surface area contributed by atoms with Crippen LogP contribution in [0.3, 0.4) is 0 Å². The van der Waals surface area contributed by atoms with E-state index in [2.05, 4.69) is 9.80 Å². The molecule has 4 rings (SSSR count). The molecule has 0 aliphatic carbocycles. The molecule has 0 atom stereocenters. The minimum atomic E-state index is -4.67. The van der Waals surface area contributed by atoms with Crippen LogP contribution in [-0.2, 0) is 10.4 Å². The minimum Gasteiger partial charge on any atom is -0.370 e. The van der Waals surface area contributed by atoms with Gasteiger partial charge in [-0.1, -0.05) is 23.2 Å². The van der Waals surface area contributed by atoms with E-state index >= 15 is 0 Å². The molecule has 15 heteroatoms. The highest BCUT2D eigenvalue weighted by molar-refractivity contribution is 7.79. The number of nitrogens with one attached hydrogen (secondary N) is 2. The van der Waals surface area contributed by atoms with E-state index in [9.17, 15) is 0 Å². The number of guanidine groups is 2. The topological polar surface area (TPSA) is 187 Å². The summed E-state index contributed by atoms with van der Waals surface area (Å²) >= 11 is 11.7. The molecule has 0 unspecified atom stereocenters. The Bertz CT molecular complexity index is 1040. The highest BCUT2D eigenvalue weighted by Crippen LogP contribution is 2.20. The van der Waals surface area contributed by atoms with E-state index in [1.807, 2.05) is 58.3 Å². The van der Waals surface area contributed by atoms with E-state index in [1.54, 1.807) is 0 Å². The minimum absolute atomic E-state index is 0.163. The molecule has 2 aromatic carbocycles. The smallest absolute Gasteiger partial charge is 0.370 e. The third-order valence-corrected chi connectivity index (χ3v) is 6.13. The molecule has 0 aromatic heterocycles. The number of anilines is 2. The summed E-state index contributed by atoms with van der Waals surface area (Å²) in [6.07, 6.45) is 0. The lowest BCUT2D eigenvalue weighted by Crippen LogP contribution is -2.50. The molecule has 12 nitrogen and oxygen atoms in total. The molecular formula is C22H32Cl2N8O4S. The molecule has 0 saturated carbocycles. The van der Waals surface area contributed by atoms with Crippen molar-refractivity contribution in [2.75, 3.05) is 62.2 Å². The van der Waals surface area contributed by atoms with Crippen molar-refractivity contribution in [2.24, 2.45) is 11.5 Å². The number of hydrogen-bond donors (Lipinski definition) is 6. The predicted molar refractivity (Wildman–Crippen MR) is 148 cm³/mol. The van der Waals surface area contributed by atoms with Gasteiger partial charge in [0.25, 0.3) is 0 Å². The van der Waals surface area contributed by atoms with Crippen molar-refractivity contribution in [3.63, 3.8) is 0 Å². The van der Waals surface area contributed by atoms with Gasteiger partial charge in [0, 0.05) is 73.8 Å². The summed E-state index contributed by atoms with van der Waals surface area (Å²) in [4.78, 5) is 8.31. The second kappa shape index (κ2) is 14.1. The number of nitrogens with zero attached hydrogens (tertiary/aromatic N) is 4. The second-order valence-corrected chi connectivity index (χ2v) is 9.89. The fourth-order valence-electron chi connectivity index (χ4n) is 3.71. The van der Waals surface area contributed by atoms with Crippen LogP contribution >= 0.6 is 23.2 Å². The Morgan fingerprint density at radius 3 is 1.11 bits per heavy atom. The van der Waals surface area contributed by atoms with Crippen LogP contribution in [0.1, 0.15) is 0 Å². The molecule has 0 spiro atoms. The molecule has 2 aliphatic rings. The van der Waals surface area contributed by atoms with Crippen molar-refractivity contribution < 1.29 is 17.5 Å². The van der Waals surface area contributed by atoms with Crippen LogP contribution in [0, 0.1) is 10.8 Å². The molecule has 2 heterocycles. The highest BCUT2D eigenvalue weighted by Gasteiger charge is 2.18. The average Bonchev–Trinajstić information content (AvgIpc) is 2.84. The van der Waals surface area contributed by atoms with Crippen LogP contribution in [-0.4, -0.2) is 91.6 Å². The van der Waals surface area contributed by atoms with Crippen LogP contribution in [0.5, 0.6) is 0 Å². The highest BCUT2D eigenvalue weighted by atomic mass is 35.5. The van der Waals surface area contributed by atoms with Crippen LogP contribution in [0.4, 0.5) is 11.4 Å². The van der Waals surface area contributed by atoms with Crippen molar-refractivity contribution in [3.8, 4) is 0 Å². The van der Waals surface area contributed by atoms with Crippen molar-refractivity contribution in [1.82, 2.24) is 9.80 Å². The maximum absolute atomic E-state index is 8.74. The number of rotatable bonds is 2. The van der Waals surface area contributed by atoms with Crippen LogP contribution in [0.15, 0.2) is 48.5 Å². The molecular weight excluding hydrogens is 543 g/mol. The Hall–Kier alpha value is -2.97. The first-order valence-electron chi connectivity index (χ1n) is 11.2. The van der Waals surface area contributed by atoms with E-state index < -0.39 is 10.4 Å². The van der Waals surface area contributed by atoms with Gasteiger partial charge >= 0.3 is 10.4 Å². The molecule has 2 aromatic rings. The Balaban J connectivity index is 0.000000221. The Labute approximate surface area is 226 Å². The van der Waals surface area contributed by atoms with Crippen LogP contribution in [0.25, 0.3) is 0 Å². The quantitative estimate of drug-likeness (QED) is 0.176. The summed E-state index contributed by atoms with van der Waals surface area (Å²) in [5, 5.41) is 16.2. The zero-order valence-corrected chi connectivity index (χ0v) is 22.4. The molecule has 2 fully saturated rings. The molecule has 8 N–H and O–H groups in total. The summed E-state index contributed by atoms with van der Waals surface area (Å²) in [7, 11) is -4.67. The van der Waals surface area contributed by atoms with E-state index in [0.29, 0.717) is 0 Å². The van der Waals surface area contributed by atoms with E-state index in [0.717, 1.165) is 62.4 Å². The van der Waals surface area contributed by atoms with Gasteiger partial charge in [0.15, 0.2) is 11.9 Å². The molecule has 37 heavy (non-hydrogen) atoms. The van der Waals surface area contributed by atoms with Gasteiger partial charge in [0.2, 0.25) is 0 Å². The zero-order valence-electron chi connectivity index (χ0n) is 20.1. The summed E-state index contributed by atoms with van der Waals surface area (Å²) in [5.74, 6) is 0.325. The summed E-state index contributed by atoms with van der Waals surface area (Å²) in [5.41, 5.74) is 13.2. The maximum Gasteiger partial charge on any atom is 0.394 e. The van der Waals surface area contributed by atoms with Gasteiger partial charge in [0.05, 0.1) is 0 Å². The van der Waals surface area contributed by atoms with E-state index in [-0.39, 0.29) is 11.9 Å². The monoisotopic (exact) mass is 574 g/mol.